The van der Waals surface area contributed by atoms with Gasteiger partial charge in [0.15, 0.2) is 5.69 Å². The minimum Gasteiger partial charge on any atom is -0.348 e. The highest BCUT2D eigenvalue weighted by Gasteiger charge is 2.31. The van der Waals surface area contributed by atoms with Crippen molar-refractivity contribution < 1.29 is 9.59 Å². The summed E-state index contributed by atoms with van der Waals surface area (Å²) in [7, 11) is 0. The van der Waals surface area contributed by atoms with E-state index >= 15 is 0 Å². The van der Waals surface area contributed by atoms with Gasteiger partial charge in [0.1, 0.15) is 0 Å². The molecule has 1 atom stereocenters. The number of carbonyl (C=O) groups excluding carboxylic acids is 2. The van der Waals surface area contributed by atoms with Crippen molar-refractivity contribution in [2.24, 2.45) is 5.92 Å². The van der Waals surface area contributed by atoms with Gasteiger partial charge < -0.3 is 10.2 Å². The normalized spacial score (nSPS) is 16.9. The Hall–Kier alpha value is -2.70. The van der Waals surface area contributed by atoms with Gasteiger partial charge in [-0.1, -0.05) is 23.4 Å². The molecule has 1 aliphatic heterocycles. The molecule has 7 nitrogen and oxygen atoms in total. The van der Waals surface area contributed by atoms with E-state index in [0.29, 0.717) is 31.7 Å². The number of hydrogen-bond donors (Lipinski definition) is 1. The molecule has 150 valence electrons. The van der Waals surface area contributed by atoms with Crippen LogP contribution in [0.1, 0.15) is 53.1 Å². The van der Waals surface area contributed by atoms with Crippen LogP contribution in [0.4, 0.5) is 0 Å². The van der Waals surface area contributed by atoms with Gasteiger partial charge in [-0.25, -0.2) is 4.68 Å². The maximum Gasteiger partial charge on any atom is 0.273 e. The van der Waals surface area contributed by atoms with Gasteiger partial charge in [0.25, 0.3) is 5.91 Å². The molecule has 1 fully saturated rings. The Balaban J connectivity index is 1.63. The number of hydrogen-bond acceptors (Lipinski definition) is 4. The number of nitrogens with zero attached hydrogens (tertiary/aromatic N) is 4. The molecule has 2 aromatic rings. The fraction of sp³-hybridized carbons (Fsp3) is 0.524. The molecule has 1 saturated heterocycles. The molecule has 0 spiro atoms. The zero-order chi connectivity index (χ0) is 20.4. The van der Waals surface area contributed by atoms with Gasteiger partial charge in [-0.3, -0.25) is 9.59 Å². The molecule has 2 heterocycles. The average molecular weight is 383 g/mol. The number of nitrogens with one attached hydrogen (secondary N) is 1. The molecule has 1 aromatic carbocycles. The SMILES string of the molecule is Cc1ccc(CN2CC(Cn3nnc(C(=O)NC(C)C)c3C)CC2=O)cc1C. The van der Waals surface area contributed by atoms with Crippen LogP contribution in [0.2, 0.25) is 0 Å². The molecule has 1 aliphatic rings. The van der Waals surface area contributed by atoms with Crippen molar-refractivity contribution in [3.63, 3.8) is 0 Å². The molecular formula is C21H29N5O2. The molecule has 28 heavy (non-hydrogen) atoms. The zero-order valence-electron chi connectivity index (χ0n) is 17.3. The predicted molar refractivity (Wildman–Crippen MR) is 107 cm³/mol. The van der Waals surface area contributed by atoms with E-state index in [1.165, 1.54) is 11.1 Å². The van der Waals surface area contributed by atoms with Crippen LogP contribution in [0.25, 0.3) is 0 Å². The Bertz CT molecular complexity index is 887. The molecule has 0 radical (unpaired) electrons. The standard InChI is InChI=1S/C21H29N5O2/c1-13(2)22-21(28)20-16(5)26(24-23-20)12-18-9-19(27)25(11-18)10-17-7-6-14(3)15(4)8-17/h6-8,13,18H,9-12H2,1-5H3,(H,22,28). The number of aryl methyl sites for hydroxylation is 2. The zero-order valence-corrected chi connectivity index (χ0v) is 17.3. The number of benzene rings is 1. The Labute approximate surface area is 166 Å². The van der Waals surface area contributed by atoms with Crippen LogP contribution < -0.4 is 5.32 Å². The molecular weight excluding hydrogens is 354 g/mol. The van der Waals surface area contributed by atoms with E-state index in [9.17, 15) is 9.59 Å². The Kier molecular flexibility index (Phi) is 5.82. The van der Waals surface area contributed by atoms with E-state index in [1.807, 2.05) is 25.7 Å². The second-order valence-electron chi connectivity index (χ2n) is 8.10. The van der Waals surface area contributed by atoms with Crippen LogP contribution in [-0.4, -0.2) is 44.3 Å². The summed E-state index contributed by atoms with van der Waals surface area (Å²) >= 11 is 0. The third-order valence-electron chi connectivity index (χ3n) is 5.29. The van der Waals surface area contributed by atoms with Crippen molar-refractivity contribution in [3.05, 3.63) is 46.3 Å². The average Bonchev–Trinajstić information content (AvgIpc) is 3.14. The second kappa shape index (κ2) is 8.12. The highest BCUT2D eigenvalue weighted by atomic mass is 16.2. The van der Waals surface area contributed by atoms with Gasteiger partial charge >= 0.3 is 0 Å². The third kappa shape index (κ3) is 4.40. The van der Waals surface area contributed by atoms with Gasteiger partial charge in [0, 0.05) is 38.0 Å². The smallest absolute Gasteiger partial charge is 0.273 e. The van der Waals surface area contributed by atoms with Crippen LogP contribution in [-0.2, 0) is 17.9 Å². The van der Waals surface area contributed by atoms with E-state index in [2.05, 4.69) is 47.7 Å². The summed E-state index contributed by atoms with van der Waals surface area (Å²) in [4.78, 5) is 26.6. The van der Waals surface area contributed by atoms with Crippen molar-refractivity contribution >= 4 is 11.8 Å². The molecule has 2 amide bonds. The lowest BCUT2D eigenvalue weighted by atomic mass is 10.1. The van der Waals surface area contributed by atoms with Gasteiger partial charge in [-0.15, -0.1) is 5.10 Å². The Morgan fingerprint density at radius 2 is 2.00 bits per heavy atom. The van der Waals surface area contributed by atoms with E-state index < -0.39 is 0 Å². The topological polar surface area (TPSA) is 80.1 Å². The summed E-state index contributed by atoms with van der Waals surface area (Å²) in [6, 6.07) is 6.38. The van der Waals surface area contributed by atoms with Gasteiger partial charge in [0.05, 0.1) is 5.69 Å². The number of likely N-dealkylation sites (tertiary alicyclic amines) is 1. The molecule has 1 aromatic heterocycles. The van der Waals surface area contributed by atoms with Gasteiger partial charge in [0.2, 0.25) is 5.91 Å². The lowest BCUT2D eigenvalue weighted by Crippen LogP contribution is -2.31. The van der Waals surface area contributed by atoms with Crippen LogP contribution in [0.15, 0.2) is 18.2 Å². The highest BCUT2D eigenvalue weighted by molar-refractivity contribution is 5.93. The van der Waals surface area contributed by atoms with E-state index in [4.69, 9.17) is 0 Å². The van der Waals surface area contributed by atoms with Gasteiger partial charge in [-0.05, 0) is 51.3 Å². The van der Waals surface area contributed by atoms with E-state index in [0.717, 1.165) is 11.3 Å². The summed E-state index contributed by atoms with van der Waals surface area (Å²) in [6.45, 7) is 11.8. The molecule has 7 heteroatoms. The highest BCUT2D eigenvalue weighted by Crippen LogP contribution is 2.23. The van der Waals surface area contributed by atoms with Crippen LogP contribution in [0, 0.1) is 26.7 Å². The first-order chi connectivity index (χ1) is 13.2. The minimum absolute atomic E-state index is 0.0449. The van der Waals surface area contributed by atoms with Gasteiger partial charge in [-0.2, -0.15) is 0 Å². The molecule has 1 unspecified atom stereocenters. The second-order valence-corrected chi connectivity index (χ2v) is 8.10. The maximum absolute atomic E-state index is 12.5. The number of aromatic nitrogens is 3. The van der Waals surface area contributed by atoms with Crippen molar-refractivity contribution in [1.29, 1.82) is 0 Å². The summed E-state index contributed by atoms with van der Waals surface area (Å²) < 4.78 is 1.74. The minimum atomic E-state index is -0.211. The van der Waals surface area contributed by atoms with Crippen molar-refractivity contribution in [2.75, 3.05) is 6.54 Å². The monoisotopic (exact) mass is 383 g/mol. The molecule has 3 rings (SSSR count). The fourth-order valence-corrected chi connectivity index (χ4v) is 3.57. The fourth-order valence-electron chi connectivity index (χ4n) is 3.57. The Morgan fingerprint density at radius 1 is 1.25 bits per heavy atom. The van der Waals surface area contributed by atoms with Crippen molar-refractivity contribution in [3.8, 4) is 0 Å². The first kappa shape index (κ1) is 20.0. The summed E-state index contributed by atoms with van der Waals surface area (Å²) in [5.41, 5.74) is 4.74. The van der Waals surface area contributed by atoms with Crippen molar-refractivity contribution in [1.82, 2.24) is 25.2 Å². The van der Waals surface area contributed by atoms with E-state index in [-0.39, 0.29) is 23.8 Å². The molecule has 0 aliphatic carbocycles. The predicted octanol–water partition coefficient (Wildman–Crippen LogP) is 2.39. The van der Waals surface area contributed by atoms with Crippen molar-refractivity contribution in [2.45, 2.75) is 60.2 Å². The summed E-state index contributed by atoms with van der Waals surface area (Å²) in [6.07, 6.45) is 0.498. The quantitative estimate of drug-likeness (QED) is 0.831. The van der Waals surface area contributed by atoms with E-state index in [1.54, 1.807) is 4.68 Å². The first-order valence-electron chi connectivity index (χ1n) is 9.79. The molecule has 0 bridgehead atoms. The van der Waals surface area contributed by atoms with Crippen LogP contribution >= 0.6 is 0 Å². The number of amides is 2. The van der Waals surface area contributed by atoms with Crippen LogP contribution in [0.5, 0.6) is 0 Å². The summed E-state index contributed by atoms with van der Waals surface area (Å²) in [5.74, 6) is 0.122. The largest absolute Gasteiger partial charge is 0.348 e. The maximum atomic E-state index is 12.5. The summed E-state index contributed by atoms with van der Waals surface area (Å²) in [5, 5.41) is 11.0. The lowest BCUT2D eigenvalue weighted by molar-refractivity contribution is -0.128. The Morgan fingerprint density at radius 3 is 2.68 bits per heavy atom. The lowest BCUT2D eigenvalue weighted by Gasteiger charge is -2.17. The molecule has 1 N–H and O–H groups in total. The number of carbonyl (C=O) groups is 2. The van der Waals surface area contributed by atoms with Crippen LogP contribution in [0.3, 0.4) is 0 Å². The molecule has 0 saturated carbocycles. The third-order valence-corrected chi connectivity index (χ3v) is 5.29. The number of rotatable bonds is 6. The first-order valence-corrected chi connectivity index (χ1v) is 9.79.